The first kappa shape index (κ1) is 24.6. The van der Waals surface area contributed by atoms with Gasteiger partial charge in [0, 0.05) is 0 Å². The van der Waals surface area contributed by atoms with E-state index in [1.165, 1.54) is 64.9 Å². The van der Waals surface area contributed by atoms with Gasteiger partial charge in [0.25, 0.3) is 0 Å². The summed E-state index contributed by atoms with van der Waals surface area (Å²) < 4.78 is 11.0. The van der Waals surface area contributed by atoms with Crippen molar-refractivity contribution in [3.05, 3.63) is 0 Å². The molecule has 0 fully saturated rings. The summed E-state index contributed by atoms with van der Waals surface area (Å²) in [4.78, 5) is 11.5. The van der Waals surface area contributed by atoms with Crippen LogP contribution in [0.5, 0.6) is 0 Å². The number of unbranched alkanes of at least 4 members (excludes halogenated alkanes) is 7. The van der Waals surface area contributed by atoms with E-state index in [4.69, 9.17) is 9.16 Å². The summed E-state index contributed by atoms with van der Waals surface area (Å²) in [7, 11) is -0.158. The van der Waals surface area contributed by atoms with Crippen LogP contribution in [0.2, 0.25) is 19.6 Å². The van der Waals surface area contributed by atoms with Crippen LogP contribution in [-0.2, 0) is 14.0 Å². The zero-order valence-corrected chi connectivity index (χ0v) is 18.9. The van der Waals surface area contributed by atoms with Crippen molar-refractivity contribution in [3.8, 4) is 0 Å². The molecule has 0 bridgehead atoms. The molecule has 0 aliphatic rings. The van der Waals surface area contributed by atoms with E-state index < -0.39 is 8.32 Å². The minimum absolute atomic E-state index is 0.0414. The standard InChI is InChI=1S/C21H44O3Si/c1-7-19(2)16-14-12-10-8-9-11-13-15-17-20(18-21(22)23-3)24-25(4,5)6/h19-20H,7-18H2,1-6H3. The number of rotatable bonds is 16. The fraction of sp³-hybridized carbons (Fsp3) is 0.952. The first-order chi connectivity index (χ1) is 11.8. The molecule has 0 aromatic carbocycles. The third kappa shape index (κ3) is 16.8. The third-order valence-corrected chi connectivity index (χ3v) is 5.85. The number of hydrogen-bond donors (Lipinski definition) is 0. The van der Waals surface area contributed by atoms with E-state index in [2.05, 4.69) is 33.5 Å². The Balaban J connectivity index is 3.69. The Hall–Kier alpha value is -0.353. The Morgan fingerprint density at radius 3 is 1.80 bits per heavy atom. The van der Waals surface area contributed by atoms with Crippen molar-refractivity contribution in [2.24, 2.45) is 5.92 Å². The molecule has 0 aromatic rings. The van der Waals surface area contributed by atoms with Gasteiger partial charge in [-0.05, 0) is 32.0 Å². The van der Waals surface area contributed by atoms with Crippen molar-refractivity contribution in [3.63, 3.8) is 0 Å². The molecule has 3 nitrogen and oxygen atoms in total. The van der Waals surface area contributed by atoms with E-state index in [1.54, 1.807) is 0 Å². The molecule has 0 saturated heterocycles. The zero-order chi connectivity index (χ0) is 19.1. The van der Waals surface area contributed by atoms with E-state index in [9.17, 15) is 4.79 Å². The van der Waals surface area contributed by atoms with Crippen LogP contribution in [0.3, 0.4) is 0 Å². The monoisotopic (exact) mass is 372 g/mol. The van der Waals surface area contributed by atoms with E-state index in [0.717, 1.165) is 18.8 Å². The number of esters is 1. The van der Waals surface area contributed by atoms with Crippen LogP contribution < -0.4 is 0 Å². The van der Waals surface area contributed by atoms with Gasteiger partial charge < -0.3 is 9.16 Å². The molecular formula is C21H44O3Si. The van der Waals surface area contributed by atoms with Crippen molar-refractivity contribution in [2.45, 2.75) is 117 Å². The molecule has 0 spiro atoms. The molecule has 0 aliphatic heterocycles. The smallest absolute Gasteiger partial charge is 0.308 e. The highest BCUT2D eigenvalue weighted by Gasteiger charge is 2.23. The maximum absolute atomic E-state index is 11.5. The lowest BCUT2D eigenvalue weighted by molar-refractivity contribution is -0.142. The average molecular weight is 373 g/mol. The average Bonchev–Trinajstić information content (AvgIpc) is 2.54. The molecule has 150 valence electrons. The second-order valence-electron chi connectivity index (χ2n) is 8.55. The lowest BCUT2D eigenvalue weighted by Crippen LogP contribution is -2.33. The van der Waals surface area contributed by atoms with Gasteiger partial charge in [-0.3, -0.25) is 4.79 Å². The Kier molecular flexibility index (Phi) is 14.6. The largest absolute Gasteiger partial charge is 0.469 e. The molecular weight excluding hydrogens is 328 g/mol. The summed E-state index contributed by atoms with van der Waals surface area (Å²) in [6.07, 6.45) is 14.8. The molecule has 2 atom stereocenters. The Bertz CT molecular complexity index is 326. The number of ether oxygens (including phenoxy) is 1. The molecule has 0 rings (SSSR count). The molecule has 2 unspecified atom stereocenters. The summed E-state index contributed by atoms with van der Waals surface area (Å²) in [5, 5.41) is 0. The van der Waals surface area contributed by atoms with Gasteiger partial charge >= 0.3 is 5.97 Å². The maximum Gasteiger partial charge on any atom is 0.308 e. The molecule has 25 heavy (non-hydrogen) atoms. The van der Waals surface area contributed by atoms with Gasteiger partial charge in [-0.25, -0.2) is 0 Å². The van der Waals surface area contributed by atoms with Gasteiger partial charge in [0.15, 0.2) is 8.32 Å². The first-order valence-corrected chi connectivity index (χ1v) is 13.9. The van der Waals surface area contributed by atoms with Crippen molar-refractivity contribution >= 4 is 14.3 Å². The van der Waals surface area contributed by atoms with Crippen LogP contribution in [0.4, 0.5) is 0 Å². The Morgan fingerprint density at radius 1 is 0.880 bits per heavy atom. The highest BCUT2D eigenvalue weighted by atomic mass is 28.4. The first-order valence-electron chi connectivity index (χ1n) is 10.5. The second-order valence-corrected chi connectivity index (χ2v) is 13.0. The Labute approximate surface area is 158 Å². The zero-order valence-electron chi connectivity index (χ0n) is 17.9. The fourth-order valence-corrected chi connectivity index (χ4v) is 4.30. The number of carbonyl (C=O) groups is 1. The third-order valence-electron chi connectivity index (χ3n) is 4.81. The lowest BCUT2D eigenvalue weighted by atomic mass is 9.99. The van der Waals surface area contributed by atoms with Crippen LogP contribution in [0.15, 0.2) is 0 Å². The molecule has 0 N–H and O–H groups in total. The van der Waals surface area contributed by atoms with E-state index in [-0.39, 0.29) is 12.1 Å². The van der Waals surface area contributed by atoms with E-state index in [1.807, 2.05) is 0 Å². The molecule has 0 aliphatic carbocycles. The molecule has 0 saturated carbocycles. The van der Waals surface area contributed by atoms with Gasteiger partial charge in [-0.15, -0.1) is 0 Å². The predicted molar refractivity (Wildman–Crippen MR) is 110 cm³/mol. The van der Waals surface area contributed by atoms with Crippen molar-refractivity contribution in [1.29, 1.82) is 0 Å². The molecule has 4 heteroatoms. The fourth-order valence-electron chi connectivity index (χ4n) is 3.10. The van der Waals surface area contributed by atoms with Gasteiger partial charge in [-0.1, -0.05) is 78.1 Å². The van der Waals surface area contributed by atoms with Crippen molar-refractivity contribution in [2.75, 3.05) is 7.11 Å². The molecule has 0 radical (unpaired) electrons. The van der Waals surface area contributed by atoms with E-state index in [0.29, 0.717) is 6.42 Å². The van der Waals surface area contributed by atoms with Crippen LogP contribution in [0, 0.1) is 5.92 Å². The summed E-state index contributed by atoms with van der Waals surface area (Å²) in [5.41, 5.74) is 0. The summed E-state index contributed by atoms with van der Waals surface area (Å²) in [6, 6.07) is 0. The molecule has 0 amide bonds. The quantitative estimate of drug-likeness (QED) is 0.171. The van der Waals surface area contributed by atoms with Gasteiger partial charge in [0.1, 0.15) is 0 Å². The van der Waals surface area contributed by atoms with Crippen LogP contribution >= 0.6 is 0 Å². The minimum Gasteiger partial charge on any atom is -0.469 e. The minimum atomic E-state index is -1.61. The van der Waals surface area contributed by atoms with Gasteiger partial charge in [0.05, 0.1) is 19.6 Å². The van der Waals surface area contributed by atoms with Crippen molar-refractivity contribution in [1.82, 2.24) is 0 Å². The number of carbonyl (C=O) groups excluding carboxylic acids is 1. The topological polar surface area (TPSA) is 35.5 Å². The lowest BCUT2D eigenvalue weighted by Gasteiger charge is -2.25. The molecule has 0 heterocycles. The number of hydrogen-bond acceptors (Lipinski definition) is 3. The van der Waals surface area contributed by atoms with E-state index >= 15 is 0 Å². The van der Waals surface area contributed by atoms with Crippen molar-refractivity contribution < 1.29 is 14.0 Å². The predicted octanol–water partition coefficient (Wildman–Crippen LogP) is 6.72. The second kappa shape index (κ2) is 14.8. The highest BCUT2D eigenvalue weighted by molar-refractivity contribution is 6.69. The summed E-state index contributed by atoms with van der Waals surface area (Å²) in [6.45, 7) is 11.2. The Morgan fingerprint density at radius 2 is 1.36 bits per heavy atom. The number of methoxy groups -OCH3 is 1. The highest BCUT2D eigenvalue weighted by Crippen LogP contribution is 2.18. The maximum atomic E-state index is 11.5. The van der Waals surface area contributed by atoms with Gasteiger partial charge in [-0.2, -0.15) is 0 Å². The molecule has 0 aromatic heterocycles. The van der Waals surface area contributed by atoms with Gasteiger partial charge in [0.2, 0.25) is 0 Å². The van der Waals surface area contributed by atoms with Crippen LogP contribution in [0.25, 0.3) is 0 Å². The summed E-state index contributed by atoms with van der Waals surface area (Å²) >= 11 is 0. The summed E-state index contributed by atoms with van der Waals surface area (Å²) in [5.74, 6) is 0.747. The normalized spacial score (nSPS) is 14.3. The SMILES string of the molecule is CCC(C)CCCCCCCCCCC(CC(=O)OC)O[Si](C)(C)C. The van der Waals surface area contributed by atoms with Crippen LogP contribution in [-0.4, -0.2) is 27.5 Å². The van der Waals surface area contributed by atoms with Crippen LogP contribution in [0.1, 0.15) is 90.9 Å².